The topological polar surface area (TPSA) is 177 Å². The predicted octanol–water partition coefficient (Wildman–Crippen LogP) is 8.41. The first-order valence-corrected chi connectivity index (χ1v) is 22.5. The first kappa shape index (κ1) is 53.4. The Kier molecular flexibility index (Phi) is 24.6. The lowest BCUT2D eigenvalue weighted by Crippen LogP contribution is -2.57. The van der Waals surface area contributed by atoms with Crippen LogP contribution >= 0.6 is 0 Å². The van der Waals surface area contributed by atoms with E-state index in [0.29, 0.717) is 57.3 Å². The highest BCUT2D eigenvalue weighted by molar-refractivity contribution is 6.39. The van der Waals surface area contributed by atoms with Gasteiger partial charge in [0.2, 0.25) is 5.79 Å². The Hall–Kier alpha value is -3.71. The number of methoxy groups -OCH3 is 3. The van der Waals surface area contributed by atoms with Crippen LogP contribution in [0.15, 0.2) is 59.4 Å². The second-order valence-corrected chi connectivity index (χ2v) is 17.3. The number of carboxylic acids is 1. The summed E-state index contributed by atoms with van der Waals surface area (Å²) >= 11 is 0. The van der Waals surface area contributed by atoms with E-state index in [2.05, 4.69) is 6.08 Å². The second-order valence-electron chi connectivity index (χ2n) is 17.3. The lowest BCUT2D eigenvalue weighted by Gasteiger charge is -2.35. The van der Waals surface area contributed by atoms with Crippen molar-refractivity contribution in [3.05, 3.63) is 59.4 Å². The number of rotatable bonds is 29. The molecule has 0 spiro atoms. The molecule has 1 aliphatic carbocycles. The van der Waals surface area contributed by atoms with E-state index >= 15 is 0 Å². The molecular weight excluding hydrogens is 779 g/mol. The van der Waals surface area contributed by atoms with Crippen molar-refractivity contribution in [3.8, 4) is 0 Å². The maximum atomic E-state index is 13.3. The third-order valence-electron chi connectivity index (χ3n) is 12.5. The molecule has 1 fully saturated rings. The number of allylic oxidation sites excluding steroid dienone is 8. The van der Waals surface area contributed by atoms with Gasteiger partial charge in [-0.3, -0.25) is 19.2 Å². The summed E-state index contributed by atoms with van der Waals surface area (Å²) in [5.41, 5.74) is 1.99. The van der Waals surface area contributed by atoms with Gasteiger partial charge in [0.25, 0.3) is 11.7 Å². The molecular formula is C49H77NO11. The van der Waals surface area contributed by atoms with Gasteiger partial charge in [-0.2, -0.15) is 0 Å². The number of ketones is 3. The zero-order chi connectivity index (χ0) is 45.5. The maximum absolute atomic E-state index is 13.3. The SMILES string of the molecule is COC1=CC(CCCCC(=O)[C@H](C)/C=C(\C)CC(OC)C(=O)C(C)CC/C=C/C=C/C=C(\C)C(CCCCC(C)C(O)(O)C(=O)C(=O)N2CCCCC2C(=O)O)OC)CCC1. The first-order valence-electron chi connectivity index (χ1n) is 22.5. The minimum absolute atomic E-state index is 0.0596. The molecule has 6 unspecified atom stereocenters. The Morgan fingerprint density at radius 1 is 0.869 bits per heavy atom. The van der Waals surface area contributed by atoms with Crippen LogP contribution in [-0.4, -0.2) is 101 Å². The number of nitrogens with zero attached hydrogens (tertiary/aromatic N) is 1. The fourth-order valence-corrected chi connectivity index (χ4v) is 8.29. The number of carbonyl (C=O) groups excluding carboxylic acids is 4. The Bertz CT molecular complexity index is 1570. The number of carboxylic acid groups (broad SMARTS) is 1. The van der Waals surface area contributed by atoms with Crippen molar-refractivity contribution < 1.29 is 53.5 Å². The summed E-state index contributed by atoms with van der Waals surface area (Å²) in [4.78, 5) is 64.3. The molecule has 3 N–H and O–H groups in total. The van der Waals surface area contributed by atoms with Crippen LogP contribution in [0.25, 0.3) is 0 Å². The van der Waals surface area contributed by atoms with Gasteiger partial charge >= 0.3 is 5.97 Å². The Labute approximate surface area is 365 Å². The fourth-order valence-electron chi connectivity index (χ4n) is 8.29. The van der Waals surface area contributed by atoms with Gasteiger partial charge in [0.15, 0.2) is 5.78 Å². The number of piperidine rings is 1. The van der Waals surface area contributed by atoms with E-state index in [9.17, 15) is 39.3 Å². The molecule has 0 aromatic carbocycles. The van der Waals surface area contributed by atoms with E-state index in [4.69, 9.17) is 14.2 Å². The van der Waals surface area contributed by atoms with Crippen LogP contribution in [-0.2, 0) is 38.2 Å². The average molecular weight is 856 g/mol. The third kappa shape index (κ3) is 18.3. The van der Waals surface area contributed by atoms with Crippen LogP contribution in [0, 0.1) is 23.7 Å². The number of amides is 1. The number of aliphatic hydroxyl groups is 2. The monoisotopic (exact) mass is 856 g/mol. The fraction of sp³-hybridized carbons (Fsp3) is 0.694. The molecule has 344 valence electrons. The summed E-state index contributed by atoms with van der Waals surface area (Å²) in [7, 11) is 4.92. The summed E-state index contributed by atoms with van der Waals surface area (Å²) in [6, 6.07) is -1.15. The summed E-state index contributed by atoms with van der Waals surface area (Å²) < 4.78 is 16.7. The van der Waals surface area contributed by atoms with Crippen molar-refractivity contribution >= 4 is 29.2 Å². The number of likely N-dealkylation sites (tertiary alicyclic amines) is 1. The number of Topliss-reactive ketones (excluding diaryl/α,β-unsaturated/α-hetero) is 3. The smallest absolute Gasteiger partial charge is 0.326 e. The minimum Gasteiger partial charge on any atom is -0.501 e. The van der Waals surface area contributed by atoms with Gasteiger partial charge in [-0.1, -0.05) is 82.1 Å². The summed E-state index contributed by atoms with van der Waals surface area (Å²) in [6.07, 6.45) is 25.7. The quantitative estimate of drug-likeness (QED) is 0.0217. The normalized spacial score (nSPS) is 20.6. The van der Waals surface area contributed by atoms with Crippen LogP contribution in [0.1, 0.15) is 144 Å². The van der Waals surface area contributed by atoms with E-state index in [-0.39, 0.29) is 48.9 Å². The van der Waals surface area contributed by atoms with Crippen molar-refractivity contribution in [2.45, 2.75) is 168 Å². The van der Waals surface area contributed by atoms with Crippen molar-refractivity contribution in [2.75, 3.05) is 27.9 Å². The molecule has 12 heteroatoms. The van der Waals surface area contributed by atoms with Gasteiger partial charge in [0.05, 0.1) is 19.0 Å². The molecule has 1 aliphatic heterocycles. The molecule has 7 atom stereocenters. The van der Waals surface area contributed by atoms with E-state index in [1.165, 1.54) is 13.3 Å². The second kappa shape index (κ2) is 28.1. The van der Waals surface area contributed by atoms with Gasteiger partial charge < -0.3 is 34.4 Å². The predicted molar refractivity (Wildman–Crippen MR) is 237 cm³/mol. The van der Waals surface area contributed by atoms with Gasteiger partial charge in [0.1, 0.15) is 17.9 Å². The summed E-state index contributed by atoms with van der Waals surface area (Å²) in [5.74, 6) is -6.07. The number of hydrogen-bond acceptors (Lipinski definition) is 10. The van der Waals surface area contributed by atoms with Crippen LogP contribution in [0.2, 0.25) is 0 Å². The van der Waals surface area contributed by atoms with Gasteiger partial charge in [0, 0.05) is 57.8 Å². The maximum Gasteiger partial charge on any atom is 0.326 e. The standard InChI is InChI=1S/C49H77NO11/c1-34(31-37(4)42(51)28-16-15-24-39-25-20-26-40(33-39)59-6)32-44(61-8)45(52)36(3)22-13-11-9-10-12-21-35(2)43(60-7)29-17-14-23-38(5)49(57,58)46(53)47(54)50-30-19-18-27-41(50)48(55)56/h9-12,21,31,33,36-39,41,43-44,57-58H,13-20,22-30,32H2,1-8H3,(H,55,56)/b11-9+,12-10+,34-31+,35-21+/t36?,37-,38?,39?,41?,43?,44?/m1/s1. The lowest BCUT2D eigenvalue weighted by molar-refractivity contribution is -0.205. The number of ether oxygens (including phenoxy) is 3. The summed E-state index contributed by atoms with van der Waals surface area (Å²) in [6.45, 7) is 9.37. The van der Waals surface area contributed by atoms with E-state index in [0.717, 1.165) is 60.3 Å². The van der Waals surface area contributed by atoms with Crippen molar-refractivity contribution in [1.29, 1.82) is 0 Å². The molecule has 1 amide bonds. The van der Waals surface area contributed by atoms with Gasteiger partial charge in [-0.05, 0) is 102 Å². The lowest BCUT2D eigenvalue weighted by atomic mass is 9.89. The molecule has 0 saturated carbocycles. The van der Waals surface area contributed by atoms with Gasteiger partial charge in [-0.15, -0.1) is 0 Å². The zero-order valence-corrected chi connectivity index (χ0v) is 38.4. The molecule has 12 nitrogen and oxygen atoms in total. The highest BCUT2D eigenvalue weighted by Crippen LogP contribution is 2.28. The van der Waals surface area contributed by atoms with Crippen molar-refractivity contribution in [1.82, 2.24) is 4.90 Å². The number of hydrogen-bond donors (Lipinski definition) is 3. The third-order valence-corrected chi connectivity index (χ3v) is 12.5. The van der Waals surface area contributed by atoms with E-state index in [1.807, 2.05) is 64.2 Å². The number of aliphatic carboxylic acids is 1. The van der Waals surface area contributed by atoms with Crippen LogP contribution in [0.4, 0.5) is 0 Å². The van der Waals surface area contributed by atoms with E-state index < -0.39 is 41.5 Å². The van der Waals surface area contributed by atoms with Crippen LogP contribution in [0.5, 0.6) is 0 Å². The molecule has 0 aromatic rings. The Balaban J connectivity index is 1.73. The number of carbonyl (C=O) groups is 5. The first-order chi connectivity index (χ1) is 29.0. The van der Waals surface area contributed by atoms with Gasteiger partial charge in [-0.25, -0.2) is 4.79 Å². The minimum atomic E-state index is -2.90. The highest BCUT2D eigenvalue weighted by Gasteiger charge is 2.47. The zero-order valence-electron chi connectivity index (χ0n) is 38.4. The largest absolute Gasteiger partial charge is 0.501 e. The van der Waals surface area contributed by atoms with Crippen LogP contribution in [0.3, 0.4) is 0 Å². The molecule has 0 aromatic heterocycles. The Morgan fingerprint density at radius 3 is 2.25 bits per heavy atom. The Morgan fingerprint density at radius 2 is 1.57 bits per heavy atom. The molecule has 61 heavy (non-hydrogen) atoms. The highest BCUT2D eigenvalue weighted by atomic mass is 16.5. The van der Waals surface area contributed by atoms with Crippen LogP contribution < -0.4 is 0 Å². The molecule has 1 heterocycles. The summed E-state index contributed by atoms with van der Waals surface area (Å²) in [5, 5.41) is 30.7. The molecule has 2 rings (SSSR count). The van der Waals surface area contributed by atoms with Crippen molar-refractivity contribution in [2.24, 2.45) is 23.7 Å². The molecule has 1 saturated heterocycles. The molecule has 0 radical (unpaired) electrons. The molecule has 2 aliphatic rings. The number of unbranched alkanes of at least 4 members (excludes halogenated alkanes) is 2. The average Bonchev–Trinajstić information content (AvgIpc) is 3.25. The molecule has 0 bridgehead atoms. The van der Waals surface area contributed by atoms with Crippen molar-refractivity contribution in [3.63, 3.8) is 0 Å². The van der Waals surface area contributed by atoms with E-state index in [1.54, 1.807) is 21.3 Å².